The van der Waals surface area contributed by atoms with Gasteiger partial charge in [-0.1, -0.05) is 18.2 Å². The Kier molecular flexibility index (Phi) is 5.88. The van der Waals surface area contributed by atoms with Crippen molar-refractivity contribution in [3.63, 3.8) is 0 Å². The van der Waals surface area contributed by atoms with E-state index in [4.69, 9.17) is 9.88 Å². The van der Waals surface area contributed by atoms with Crippen LogP contribution in [-0.4, -0.2) is 56.8 Å². The van der Waals surface area contributed by atoms with Gasteiger partial charge < -0.3 is 20.1 Å². The van der Waals surface area contributed by atoms with E-state index in [-0.39, 0.29) is 57.9 Å². The minimum atomic E-state index is -4.38. The van der Waals surface area contributed by atoms with E-state index in [1.165, 1.54) is 23.1 Å². The maximum absolute atomic E-state index is 13.9. The zero-order chi connectivity index (χ0) is 27.9. The first kappa shape index (κ1) is 25.9. The number of nitrogens with zero attached hydrogens (tertiary/aromatic N) is 2. The standard InChI is InChI=1S/C25H25FN4O7S2/c1-12-8-13(2-4-15(12)26)10-30-22-18-7-6-17(37-18)20(22)23(31)21(25(30)32)24-28-16-5-3-14(11-38(27,33)34)9-19(16)39(35,36)29-24/h2-5,8-9,17-18,20,22,31H,6-7,10-11H2,1H3,(H,28,29)(H2,27,33,34). The van der Waals surface area contributed by atoms with Gasteiger partial charge in [0.1, 0.15) is 22.0 Å². The third kappa shape index (κ3) is 4.40. The van der Waals surface area contributed by atoms with Crippen LogP contribution in [0.5, 0.6) is 0 Å². The number of aliphatic hydroxyl groups excluding tert-OH is 1. The SMILES string of the molecule is Cc1cc(CN2C(=O)C(C3=NS(=O)(=O)c4cc(CS(N)(=O)=O)ccc4N3)=C(O)C3C4CCC(O4)C32)ccc1F. The molecule has 4 unspecified atom stereocenters. The Morgan fingerprint density at radius 3 is 2.62 bits per heavy atom. The zero-order valence-electron chi connectivity index (χ0n) is 20.7. The minimum Gasteiger partial charge on any atom is -0.511 e. The summed E-state index contributed by atoms with van der Waals surface area (Å²) in [6.07, 6.45) is 0.739. The fraction of sp³-hybridized carbons (Fsp3) is 0.360. The van der Waals surface area contributed by atoms with Gasteiger partial charge in [-0.05, 0) is 54.7 Å². The van der Waals surface area contributed by atoms with Crippen molar-refractivity contribution < 1.29 is 35.9 Å². The highest BCUT2D eigenvalue weighted by molar-refractivity contribution is 7.90. The number of halogens is 1. The van der Waals surface area contributed by atoms with Crippen LogP contribution in [-0.2, 0) is 41.9 Å². The van der Waals surface area contributed by atoms with E-state index in [9.17, 15) is 31.1 Å². The molecule has 4 aliphatic rings. The second-order valence-electron chi connectivity index (χ2n) is 10.3. The summed E-state index contributed by atoms with van der Waals surface area (Å²) in [5.41, 5.74) is 1.02. The summed E-state index contributed by atoms with van der Waals surface area (Å²) in [5.74, 6) is -2.79. The van der Waals surface area contributed by atoms with E-state index in [2.05, 4.69) is 9.71 Å². The van der Waals surface area contributed by atoms with Gasteiger partial charge in [-0.15, -0.1) is 4.40 Å². The summed E-state index contributed by atoms with van der Waals surface area (Å²) in [5, 5.41) is 19.3. The van der Waals surface area contributed by atoms with Gasteiger partial charge in [-0.25, -0.2) is 17.9 Å². The molecule has 4 heterocycles. The lowest BCUT2D eigenvalue weighted by atomic mass is 9.77. The molecule has 14 heteroatoms. The second kappa shape index (κ2) is 8.84. The van der Waals surface area contributed by atoms with E-state index in [0.717, 1.165) is 6.07 Å². The van der Waals surface area contributed by atoms with Crippen LogP contribution in [0, 0.1) is 18.7 Å². The van der Waals surface area contributed by atoms with Crippen LogP contribution in [0.3, 0.4) is 0 Å². The number of aryl methyl sites for hydroxylation is 1. The van der Waals surface area contributed by atoms with Crippen LogP contribution in [0.2, 0.25) is 0 Å². The largest absolute Gasteiger partial charge is 0.511 e. The number of aliphatic hydroxyl groups is 1. The van der Waals surface area contributed by atoms with Crippen molar-refractivity contribution in [2.45, 2.75) is 55.2 Å². The van der Waals surface area contributed by atoms with E-state index in [1.807, 2.05) is 0 Å². The minimum absolute atomic E-state index is 0.0679. The Hall–Kier alpha value is -3.33. The van der Waals surface area contributed by atoms with Crippen LogP contribution in [0.25, 0.3) is 0 Å². The number of nitrogens with two attached hydrogens (primary N) is 1. The van der Waals surface area contributed by atoms with Crippen molar-refractivity contribution in [3.8, 4) is 0 Å². The topological polar surface area (TPSA) is 168 Å². The average Bonchev–Trinajstić information content (AvgIpc) is 3.46. The lowest BCUT2D eigenvalue weighted by Crippen LogP contribution is -2.55. The predicted molar refractivity (Wildman–Crippen MR) is 138 cm³/mol. The lowest BCUT2D eigenvalue weighted by molar-refractivity contribution is -0.133. The molecule has 206 valence electrons. The molecular weight excluding hydrogens is 551 g/mol. The Labute approximate surface area is 224 Å². The van der Waals surface area contributed by atoms with Gasteiger partial charge in [-0.2, -0.15) is 8.42 Å². The molecule has 4 atom stereocenters. The fourth-order valence-corrected chi connectivity index (χ4v) is 7.80. The first-order valence-electron chi connectivity index (χ1n) is 12.2. The number of amidine groups is 1. The molecule has 0 radical (unpaired) electrons. The van der Waals surface area contributed by atoms with Gasteiger partial charge >= 0.3 is 0 Å². The van der Waals surface area contributed by atoms with Gasteiger partial charge in [-0.3, -0.25) is 4.79 Å². The fourth-order valence-electron chi connectivity index (χ4n) is 5.98. The number of hydrogen-bond donors (Lipinski definition) is 3. The molecule has 4 N–H and O–H groups in total. The average molecular weight is 577 g/mol. The highest BCUT2D eigenvalue weighted by Gasteiger charge is 2.58. The monoisotopic (exact) mass is 576 g/mol. The molecule has 2 bridgehead atoms. The highest BCUT2D eigenvalue weighted by atomic mass is 32.2. The summed E-state index contributed by atoms with van der Waals surface area (Å²) >= 11 is 0. The Morgan fingerprint density at radius 2 is 1.90 bits per heavy atom. The maximum atomic E-state index is 13.9. The normalized spacial score (nSPS) is 27.2. The van der Waals surface area contributed by atoms with Crippen LogP contribution < -0.4 is 10.5 Å². The highest BCUT2D eigenvalue weighted by Crippen LogP contribution is 2.48. The van der Waals surface area contributed by atoms with Crippen molar-refractivity contribution in [1.29, 1.82) is 0 Å². The van der Waals surface area contributed by atoms with E-state index < -0.39 is 43.7 Å². The number of rotatable bonds is 5. The van der Waals surface area contributed by atoms with Crippen LogP contribution >= 0.6 is 0 Å². The number of fused-ring (bicyclic) bond motifs is 6. The van der Waals surface area contributed by atoms with Crippen molar-refractivity contribution in [2.24, 2.45) is 15.5 Å². The number of benzene rings is 2. The first-order valence-corrected chi connectivity index (χ1v) is 15.4. The van der Waals surface area contributed by atoms with Crippen LogP contribution in [0.4, 0.5) is 10.1 Å². The molecule has 39 heavy (non-hydrogen) atoms. The number of ether oxygens (including phenoxy) is 1. The quantitative estimate of drug-likeness (QED) is 0.484. The van der Waals surface area contributed by atoms with Crippen molar-refractivity contribution in [1.82, 2.24) is 4.90 Å². The lowest BCUT2D eigenvalue weighted by Gasteiger charge is -2.42. The second-order valence-corrected chi connectivity index (χ2v) is 13.4. The molecular formula is C25H25FN4O7S2. The number of primary sulfonamides is 1. The number of carbonyl (C=O) groups excluding carboxylic acids is 1. The maximum Gasteiger partial charge on any atom is 0.286 e. The molecule has 0 spiro atoms. The third-order valence-corrected chi connectivity index (χ3v) is 9.66. The van der Waals surface area contributed by atoms with Gasteiger partial charge in [0.2, 0.25) is 10.0 Å². The molecule has 2 fully saturated rings. The van der Waals surface area contributed by atoms with Crippen LogP contribution in [0.1, 0.15) is 29.5 Å². The summed E-state index contributed by atoms with van der Waals surface area (Å²) in [6, 6.07) is 7.97. The Morgan fingerprint density at radius 1 is 1.18 bits per heavy atom. The Balaban J connectivity index is 1.41. The molecule has 0 aliphatic carbocycles. The van der Waals surface area contributed by atoms with Gasteiger partial charge in [0.25, 0.3) is 15.9 Å². The van der Waals surface area contributed by atoms with Gasteiger partial charge in [0.15, 0.2) is 5.84 Å². The van der Waals surface area contributed by atoms with Gasteiger partial charge in [0, 0.05) is 6.54 Å². The Bertz CT molecular complexity index is 1700. The third-order valence-electron chi connectivity index (χ3n) is 7.61. The summed E-state index contributed by atoms with van der Waals surface area (Å²) < 4.78 is 73.0. The number of carbonyl (C=O) groups is 1. The van der Waals surface area contributed by atoms with Crippen molar-refractivity contribution in [2.75, 3.05) is 5.32 Å². The summed E-state index contributed by atoms with van der Waals surface area (Å²) in [4.78, 5) is 15.2. The number of amides is 1. The number of hydrogen-bond acceptors (Lipinski definition) is 8. The summed E-state index contributed by atoms with van der Waals surface area (Å²) in [7, 11) is -8.29. The molecule has 0 saturated carbocycles. The van der Waals surface area contributed by atoms with Crippen molar-refractivity contribution in [3.05, 3.63) is 70.2 Å². The molecule has 11 nitrogen and oxygen atoms in total. The smallest absolute Gasteiger partial charge is 0.286 e. The number of sulfonamides is 2. The van der Waals surface area contributed by atoms with E-state index in [0.29, 0.717) is 24.0 Å². The van der Waals surface area contributed by atoms with E-state index in [1.54, 1.807) is 19.1 Å². The number of anilines is 1. The van der Waals surface area contributed by atoms with E-state index >= 15 is 0 Å². The van der Waals surface area contributed by atoms with Crippen molar-refractivity contribution >= 4 is 37.5 Å². The summed E-state index contributed by atoms with van der Waals surface area (Å²) in [6.45, 7) is 1.72. The number of nitrogens with one attached hydrogen (secondary N) is 1. The molecule has 0 aromatic heterocycles. The molecule has 4 aliphatic heterocycles. The first-order chi connectivity index (χ1) is 18.3. The zero-order valence-corrected chi connectivity index (χ0v) is 22.3. The predicted octanol–water partition coefficient (Wildman–Crippen LogP) is 1.84. The molecule has 6 rings (SSSR count). The van der Waals surface area contributed by atoms with Crippen LogP contribution in [0.15, 0.2) is 57.0 Å². The molecule has 1 amide bonds. The van der Waals surface area contributed by atoms with Gasteiger partial charge in [0.05, 0.1) is 35.6 Å². The molecule has 2 aromatic rings. The molecule has 2 saturated heterocycles. The molecule has 2 aromatic carbocycles.